The molecule has 0 amide bonds. The molecule has 1 aromatic carbocycles. The summed E-state index contributed by atoms with van der Waals surface area (Å²) in [6, 6.07) is 10.6. The first-order chi connectivity index (χ1) is 9.29. The van der Waals surface area contributed by atoms with Crippen LogP contribution in [-0.2, 0) is 11.2 Å². The minimum atomic E-state index is -0.916. The second kappa shape index (κ2) is 10.6. The highest BCUT2D eigenvalue weighted by Gasteiger charge is 1.94. The maximum absolute atomic E-state index is 10.2. The zero-order valence-corrected chi connectivity index (χ0v) is 11.8. The van der Waals surface area contributed by atoms with E-state index < -0.39 is 5.97 Å². The summed E-state index contributed by atoms with van der Waals surface area (Å²) >= 11 is 0. The van der Waals surface area contributed by atoms with Crippen molar-refractivity contribution in [1.29, 1.82) is 0 Å². The van der Waals surface area contributed by atoms with Gasteiger partial charge in [0.25, 0.3) is 0 Å². The predicted octanol–water partition coefficient (Wildman–Crippen LogP) is 3.49. The lowest BCUT2D eigenvalue weighted by Crippen LogP contribution is -2.21. The maximum Gasteiger partial charge on any atom is 0.0414 e. The number of benzene rings is 1. The van der Waals surface area contributed by atoms with Gasteiger partial charge in [0.2, 0.25) is 0 Å². The number of hydrogen-bond donors (Lipinski definition) is 0. The fourth-order valence-electron chi connectivity index (χ4n) is 2.30. The minimum absolute atomic E-state index is 0.219. The summed E-state index contributed by atoms with van der Waals surface area (Å²) in [6.45, 7) is 0. The molecule has 0 saturated carbocycles. The average Bonchev–Trinajstić information content (AvgIpc) is 2.42. The molecule has 0 aliphatic carbocycles. The third-order valence-electron chi connectivity index (χ3n) is 3.44. The van der Waals surface area contributed by atoms with Gasteiger partial charge in [0.1, 0.15) is 0 Å². The van der Waals surface area contributed by atoms with Gasteiger partial charge < -0.3 is 9.90 Å². The molecule has 0 aliphatic heterocycles. The topological polar surface area (TPSA) is 40.1 Å². The highest BCUT2D eigenvalue weighted by atomic mass is 16.4. The first kappa shape index (κ1) is 15.7. The van der Waals surface area contributed by atoms with E-state index in [9.17, 15) is 9.90 Å². The Morgan fingerprint density at radius 3 is 1.89 bits per heavy atom. The molecule has 0 bridgehead atoms. The molecule has 0 aromatic heterocycles. The number of carboxylic acids is 1. The standard InChI is InChI=1S/C17H26O2/c18-17(19)15-11-6-4-2-1-3-5-8-12-16-13-9-7-10-14-16/h7,9-10,13-14H,1-6,8,11-12,15H2,(H,18,19)/p-1. The highest BCUT2D eigenvalue weighted by Crippen LogP contribution is 2.11. The molecule has 0 heterocycles. The number of carbonyl (C=O) groups is 1. The Morgan fingerprint density at radius 1 is 0.789 bits per heavy atom. The molecule has 0 spiro atoms. The van der Waals surface area contributed by atoms with E-state index in [1.165, 1.54) is 44.1 Å². The van der Waals surface area contributed by atoms with Gasteiger partial charge in [0.15, 0.2) is 0 Å². The molecule has 1 rings (SSSR count). The summed E-state index contributed by atoms with van der Waals surface area (Å²) in [5.74, 6) is -0.916. The summed E-state index contributed by atoms with van der Waals surface area (Å²) in [6.07, 6.45) is 10.7. The van der Waals surface area contributed by atoms with Crippen LogP contribution in [0.5, 0.6) is 0 Å². The zero-order valence-electron chi connectivity index (χ0n) is 11.8. The Morgan fingerprint density at radius 2 is 1.32 bits per heavy atom. The van der Waals surface area contributed by atoms with Crippen LogP contribution in [0.4, 0.5) is 0 Å². The number of rotatable bonds is 11. The van der Waals surface area contributed by atoms with Gasteiger partial charge in [0.05, 0.1) is 0 Å². The molecular weight excluding hydrogens is 236 g/mol. The molecule has 0 radical (unpaired) electrons. The monoisotopic (exact) mass is 261 g/mol. The zero-order chi connectivity index (χ0) is 13.8. The molecule has 0 unspecified atom stereocenters. The molecule has 0 fully saturated rings. The molecule has 0 N–H and O–H groups in total. The van der Waals surface area contributed by atoms with Gasteiger partial charge in [0, 0.05) is 5.97 Å². The van der Waals surface area contributed by atoms with Crippen LogP contribution in [0.2, 0.25) is 0 Å². The summed E-state index contributed by atoms with van der Waals surface area (Å²) in [4.78, 5) is 10.2. The van der Waals surface area contributed by atoms with Crippen LogP contribution in [0.15, 0.2) is 30.3 Å². The Kier molecular flexibility index (Phi) is 8.78. The number of carboxylic acid groups (broad SMARTS) is 1. The summed E-state index contributed by atoms with van der Waals surface area (Å²) in [5.41, 5.74) is 1.43. The van der Waals surface area contributed by atoms with E-state index in [2.05, 4.69) is 30.3 Å². The number of hydrogen-bond acceptors (Lipinski definition) is 2. The van der Waals surface area contributed by atoms with E-state index in [0.29, 0.717) is 0 Å². The van der Waals surface area contributed by atoms with Crippen molar-refractivity contribution >= 4 is 5.97 Å². The summed E-state index contributed by atoms with van der Waals surface area (Å²) in [5, 5.41) is 10.2. The highest BCUT2D eigenvalue weighted by molar-refractivity contribution is 5.63. The number of carbonyl (C=O) groups excluding carboxylic acids is 1. The smallest absolute Gasteiger partial charge is 0.0414 e. The van der Waals surface area contributed by atoms with E-state index in [-0.39, 0.29) is 6.42 Å². The normalized spacial score (nSPS) is 10.5. The minimum Gasteiger partial charge on any atom is -0.550 e. The van der Waals surface area contributed by atoms with Gasteiger partial charge in [-0.15, -0.1) is 0 Å². The van der Waals surface area contributed by atoms with Crippen LogP contribution < -0.4 is 5.11 Å². The van der Waals surface area contributed by atoms with Crippen molar-refractivity contribution in [3.63, 3.8) is 0 Å². The van der Waals surface area contributed by atoms with Crippen molar-refractivity contribution in [3.05, 3.63) is 35.9 Å². The van der Waals surface area contributed by atoms with Crippen LogP contribution in [0.25, 0.3) is 0 Å². The molecule has 0 atom stereocenters. The van der Waals surface area contributed by atoms with Crippen molar-refractivity contribution in [2.24, 2.45) is 0 Å². The fourth-order valence-corrected chi connectivity index (χ4v) is 2.30. The lowest BCUT2D eigenvalue weighted by Gasteiger charge is -2.03. The fraction of sp³-hybridized carbons (Fsp3) is 0.588. The van der Waals surface area contributed by atoms with Gasteiger partial charge >= 0.3 is 0 Å². The number of aryl methyl sites for hydroxylation is 1. The number of aliphatic carboxylic acids is 1. The van der Waals surface area contributed by atoms with Crippen LogP contribution in [0.1, 0.15) is 63.4 Å². The van der Waals surface area contributed by atoms with Crippen LogP contribution in [0.3, 0.4) is 0 Å². The van der Waals surface area contributed by atoms with Crippen molar-refractivity contribution in [2.45, 2.75) is 64.2 Å². The molecule has 2 heteroatoms. The predicted molar refractivity (Wildman–Crippen MR) is 76.7 cm³/mol. The average molecular weight is 261 g/mol. The molecule has 106 valence electrons. The van der Waals surface area contributed by atoms with Crippen LogP contribution in [0, 0.1) is 0 Å². The van der Waals surface area contributed by atoms with Crippen LogP contribution >= 0.6 is 0 Å². The van der Waals surface area contributed by atoms with Crippen molar-refractivity contribution in [1.82, 2.24) is 0 Å². The largest absolute Gasteiger partial charge is 0.550 e. The molecule has 2 nitrogen and oxygen atoms in total. The number of unbranched alkanes of at least 4 members (excludes halogenated alkanes) is 7. The van der Waals surface area contributed by atoms with Gasteiger partial charge in [-0.2, -0.15) is 0 Å². The Hall–Kier alpha value is -1.31. The van der Waals surface area contributed by atoms with Crippen molar-refractivity contribution in [3.8, 4) is 0 Å². The second-order valence-corrected chi connectivity index (χ2v) is 5.19. The maximum atomic E-state index is 10.2. The molecule has 0 saturated heterocycles. The van der Waals surface area contributed by atoms with E-state index >= 15 is 0 Å². The first-order valence-corrected chi connectivity index (χ1v) is 7.53. The van der Waals surface area contributed by atoms with Crippen LogP contribution in [-0.4, -0.2) is 5.97 Å². The molecular formula is C17H25O2-. The van der Waals surface area contributed by atoms with Crippen molar-refractivity contribution < 1.29 is 9.90 Å². The lowest BCUT2D eigenvalue weighted by molar-refractivity contribution is -0.305. The molecule has 0 aliphatic rings. The van der Waals surface area contributed by atoms with E-state index in [1.807, 2.05) is 0 Å². The first-order valence-electron chi connectivity index (χ1n) is 7.53. The SMILES string of the molecule is O=C([O-])CCCCCCCCCCc1ccccc1. The Labute approximate surface area is 116 Å². The van der Waals surface area contributed by atoms with Gasteiger partial charge in [-0.1, -0.05) is 68.9 Å². The quantitative estimate of drug-likeness (QED) is 0.572. The van der Waals surface area contributed by atoms with Gasteiger partial charge in [-0.25, -0.2) is 0 Å². The summed E-state index contributed by atoms with van der Waals surface area (Å²) in [7, 11) is 0. The van der Waals surface area contributed by atoms with Gasteiger partial charge in [-0.3, -0.25) is 0 Å². The van der Waals surface area contributed by atoms with Gasteiger partial charge in [-0.05, 0) is 31.2 Å². The van der Waals surface area contributed by atoms with Crippen molar-refractivity contribution in [2.75, 3.05) is 0 Å². The Balaban J connectivity index is 1.83. The van der Waals surface area contributed by atoms with E-state index in [0.717, 1.165) is 19.3 Å². The second-order valence-electron chi connectivity index (χ2n) is 5.19. The molecule has 19 heavy (non-hydrogen) atoms. The third kappa shape index (κ3) is 9.29. The summed E-state index contributed by atoms with van der Waals surface area (Å²) < 4.78 is 0. The van der Waals surface area contributed by atoms with E-state index in [4.69, 9.17) is 0 Å². The third-order valence-corrected chi connectivity index (χ3v) is 3.44. The van der Waals surface area contributed by atoms with E-state index in [1.54, 1.807) is 0 Å². The molecule has 1 aromatic rings. The Bertz CT molecular complexity index is 332. The lowest BCUT2D eigenvalue weighted by atomic mass is 10.0.